The van der Waals surface area contributed by atoms with Gasteiger partial charge in [0.15, 0.2) is 3.79 Å². The Labute approximate surface area is 113 Å². The number of amides is 1. The summed E-state index contributed by atoms with van der Waals surface area (Å²) in [6.45, 7) is 1.14. The molecule has 1 amide bonds. The first-order chi connectivity index (χ1) is 7.13. The fraction of sp³-hybridized carbons (Fsp3) is 0.714. The second-order valence-corrected chi connectivity index (χ2v) is 6.62. The Morgan fingerprint density at radius 3 is 2.73 bits per heavy atom. The quantitative estimate of drug-likeness (QED) is 0.166. The van der Waals surface area contributed by atoms with Gasteiger partial charge >= 0.3 is 0 Å². The summed E-state index contributed by atoms with van der Waals surface area (Å²) in [6.07, 6.45) is 0.467. The fourth-order valence-corrected chi connectivity index (χ4v) is 2.49. The van der Waals surface area contributed by atoms with Crippen LogP contribution in [0, 0.1) is 0 Å². The van der Waals surface area contributed by atoms with Crippen molar-refractivity contribution in [1.29, 1.82) is 0 Å². The second kappa shape index (κ2) is 11.4. The maximum absolute atomic E-state index is 10.5. The zero-order valence-corrected chi connectivity index (χ0v) is 13.0. The molecule has 1 unspecified atom stereocenters. The highest BCUT2D eigenvalue weighted by Gasteiger charge is 1.96. The lowest BCUT2D eigenvalue weighted by Gasteiger charge is -2.02. The van der Waals surface area contributed by atoms with E-state index in [4.69, 9.17) is 4.74 Å². The average Bonchev–Trinajstić information content (AvgIpc) is 2.14. The lowest BCUT2D eigenvalue weighted by Crippen LogP contribution is -2.18. The molecular weight excluding hydrogens is 368 g/mol. The van der Waals surface area contributed by atoms with E-state index >= 15 is 0 Å². The molecule has 0 radical (unpaired) electrons. The van der Waals surface area contributed by atoms with E-state index in [-0.39, 0.29) is 9.44 Å². The number of hydrogen-bond acceptors (Lipinski definition) is 5. The molecular formula is C7H13INO3PS2. The summed E-state index contributed by atoms with van der Waals surface area (Å²) in [6, 6.07) is 0. The van der Waals surface area contributed by atoms with Crippen LogP contribution in [0.1, 0.15) is 6.42 Å². The molecule has 0 aliphatic carbocycles. The van der Waals surface area contributed by atoms with E-state index in [9.17, 15) is 9.59 Å². The van der Waals surface area contributed by atoms with Gasteiger partial charge in [0.2, 0.25) is 5.65 Å². The van der Waals surface area contributed by atoms with Crippen LogP contribution in [-0.2, 0) is 9.53 Å². The van der Waals surface area contributed by atoms with Crippen LogP contribution in [0.5, 0.6) is 0 Å². The lowest BCUT2D eigenvalue weighted by molar-refractivity contribution is -0.110. The summed E-state index contributed by atoms with van der Waals surface area (Å²) in [7, 11) is 5.28. The van der Waals surface area contributed by atoms with E-state index in [1.807, 2.05) is 0 Å². The number of carbonyl (C=O) groups excluding carboxylic acids is 2. The third-order valence-electron chi connectivity index (χ3n) is 1.14. The van der Waals surface area contributed by atoms with Gasteiger partial charge in [0.05, 0.1) is 6.61 Å². The van der Waals surface area contributed by atoms with Crippen LogP contribution >= 0.6 is 53.4 Å². The zero-order valence-electron chi connectivity index (χ0n) is 8.03. The van der Waals surface area contributed by atoms with Crippen LogP contribution in [0.2, 0.25) is 0 Å². The first kappa shape index (κ1) is 16.0. The van der Waals surface area contributed by atoms with Crippen LogP contribution in [0.4, 0.5) is 4.79 Å². The van der Waals surface area contributed by atoms with Gasteiger partial charge in [0.1, 0.15) is 5.94 Å². The van der Waals surface area contributed by atoms with Crippen molar-refractivity contribution in [2.75, 3.05) is 24.8 Å². The minimum atomic E-state index is -0.0857. The molecule has 0 spiro atoms. The van der Waals surface area contributed by atoms with Crippen LogP contribution < -0.4 is 5.32 Å². The van der Waals surface area contributed by atoms with Crippen LogP contribution in [-0.4, -0.2) is 34.3 Å². The molecule has 1 atom stereocenters. The monoisotopic (exact) mass is 381 g/mol. The van der Waals surface area contributed by atoms with E-state index in [1.165, 1.54) is 0 Å². The van der Waals surface area contributed by atoms with Crippen LogP contribution in [0.15, 0.2) is 0 Å². The largest absolute Gasteiger partial charge is 0.370 e. The highest BCUT2D eigenvalue weighted by Crippen LogP contribution is 2.20. The van der Waals surface area contributed by atoms with E-state index in [1.54, 1.807) is 44.2 Å². The molecule has 0 fully saturated rings. The molecule has 0 bridgehead atoms. The number of rotatable bonds is 9. The predicted octanol–water partition coefficient (Wildman–Crippen LogP) is 2.28. The van der Waals surface area contributed by atoms with Gasteiger partial charge < -0.3 is 10.1 Å². The molecule has 0 saturated heterocycles. The highest BCUT2D eigenvalue weighted by molar-refractivity contribution is 14.1. The number of carbonyl (C=O) groups is 2. The van der Waals surface area contributed by atoms with Gasteiger partial charge in [0, 0.05) is 18.7 Å². The zero-order chi connectivity index (χ0) is 11.5. The summed E-state index contributed by atoms with van der Waals surface area (Å²) < 4.78 is 5.32. The maximum Gasteiger partial charge on any atom is 0.234 e. The van der Waals surface area contributed by atoms with Gasteiger partial charge in [-0.05, 0) is 31.8 Å². The predicted molar refractivity (Wildman–Crippen MR) is 77.6 cm³/mol. The van der Waals surface area contributed by atoms with Crippen molar-refractivity contribution >= 4 is 62.9 Å². The third kappa shape index (κ3) is 15.0. The van der Waals surface area contributed by atoms with Gasteiger partial charge in [-0.3, -0.25) is 9.59 Å². The van der Waals surface area contributed by atoms with Crippen LogP contribution in [0.3, 0.4) is 0 Å². The Bertz CT molecular complexity index is 189. The third-order valence-corrected chi connectivity index (χ3v) is 3.97. The summed E-state index contributed by atoms with van der Waals surface area (Å²) in [5.41, 5.74) is -0.0857. The molecule has 0 aromatic rings. The molecule has 0 aromatic heterocycles. The molecule has 0 aromatic carbocycles. The minimum absolute atomic E-state index is 0.0857. The summed E-state index contributed by atoms with van der Waals surface area (Å²) in [5.74, 6) is 1.42. The highest BCUT2D eigenvalue weighted by atomic mass is 127. The van der Waals surface area contributed by atoms with E-state index in [0.29, 0.717) is 25.5 Å². The summed E-state index contributed by atoms with van der Waals surface area (Å²) >= 11 is 1.75. The first-order valence-electron chi connectivity index (χ1n) is 4.16. The van der Waals surface area contributed by atoms with E-state index < -0.39 is 0 Å². The Kier molecular flexibility index (Phi) is 12.2. The van der Waals surface area contributed by atoms with E-state index in [2.05, 4.69) is 14.6 Å². The lowest BCUT2D eigenvalue weighted by atomic mass is 10.5. The molecule has 0 rings (SSSR count). The second-order valence-electron chi connectivity index (χ2n) is 2.36. The SMILES string of the molecule is O=C(I)CCOCSSCCNC(=O)P. The number of hydrogen-bond donors (Lipinski definition) is 1. The van der Waals surface area contributed by atoms with Crippen molar-refractivity contribution in [3.05, 3.63) is 0 Å². The minimum Gasteiger partial charge on any atom is -0.370 e. The summed E-state index contributed by atoms with van der Waals surface area (Å²) in [5, 5.41) is 2.67. The normalized spacial score (nSPS) is 10.0. The smallest absolute Gasteiger partial charge is 0.234 e. The van der Waals surface area contributed by atoms with Crippen molar-refractivity contribution in [3.8, 4) is 0 Å². The van der Waals surface area contributed by atoms with Gasteiger partial charge in [-0.25, -0.2) is 0 Å². The molecule has 0 aliphatic rings. The molecule has 0 heterocycles. The molecule has 0 saturated carbocycles. The maximum atomic E-state index is 10.5. The van der Waals surface area contributed by atoms with Gasteiger partial charge in [0.25, 0.3) is 0 Å². The van der Waals surface area contributed by atoms with Crippen molar-refractivity contribution in [3.63, 3.8) is 0 Å². The summed E-state index contributed by atoms with van der Waals surface area (Å²) in [4.78, 5) is 21.0. The Balaban J connectivity index is 2.99. The molecule has 0 aliphatic heterocycles. The molecule has 15 heavy (non-hydrogen) atoms. The number of halogens is 1. The van der Waals surface area contributed by atoms with Gasteiger partial charge in [-0.2, -0.15) is 0 Å². The Morgan fingerprint density at radius 2 is 2.13 bits per heavy atom. The van der Waals surface area contributed by atoms with Crippen molar-refractivity contribution in [2.45, 2.75) is 6.42 Å². The molecule has 4 nitrogen and oxygen atoms in total. The molecule has 8 heteroatoms. The van der Waals surface area contributed by atoms with Gasteiger partial charge in [-0.15, -0.1) is 0 Å². The number of ether oxygens (including phenoxy) is 1. The van der Waals surface area contributed by atoms with Gasteiger partial charge in [-0.1, -0.05) is 21.6 Å². The standard InChI is InChI=1S/C7H13INO3PS2/c8-6(10)1-3-12-5-15-14-4-2-9-7(11)13/h1-5,13H2,(H,9,11). The van der Waals surface area contributed by atoms with Crippen molar-refractivity contribution in [1.82, 2.24) is 5.32 Å². The molecule has 88 valence electrons. The first-order valence-corrected chi connectivity index (χ1v) is 8.31. The number of nitrogens with one attached hydrogen (secondary N) is 1. The van der Waals surface area contributed by atoms with Crippen LogP contribution in [0.25, 0.3) is 0 Å². The Morgan fingerprint density at radius 1 is 1.40 bits per heavy atom. The average molecular weight is 381 g/mol. The van der Waals surface area contributed by atoms with Crippen molar-refractivity contribution < 1.29 is 14.3 Å². The molecule has 1 N–H and O–H groups in total. The topological polar surface area (TPSA) is 55.4 Å². The van der Waals surface area contributed by atoms with Crippen molar-refractivity contribution in [2.24, 2.45) is 0 Å². The van der Waals surface area contributed by atoms with E-state index in [0.717, 1.165) is 5.75 Å². The fourth-order valence-electron chi connectivity index (χ4n) is 0.554. The Hall–Kier alpha value is 0.960.